The lowest BCUT2D eigenvalue weighted by Gasteiger charge is -2.00. The monoisotopic (exact) mass is 188 g/mol. The van der Waals surface area contributed by atoms with Gasteiger partial charge in [-0.2, -0.15) is 0 Å². The number of hydrogen-bond donors (Lipinski definition) is 0. The molecule has 0 amide bonds. The third kappa shape index (κ3) is 2.69. The molecule has 0 aliphatic rings. The SMILES string of the molecule is COc1ccc(CPCl)cc1. The maximum Gasteiger partial charge on any atom is 0.118 e. The van der Waals surface area contributed by atoms with Crippen LogP contribution in [0.5, 0.6) is 5.75 Å². The molecule has 0 aliphatic carbocycles. The zero-order valence-corrected chi connectivity index (χ0v) is 8.06. The van der Waals surface area contributed by atoms with Crippen molar-refractivity contribution in [1.82, 2.24) is 0 Å². The van der Waals surface area contributed by atoms with Crippen LogP contribution in [0.2, 0.25) is 0 Å². The summed E-state index contributed by atoms with van der Waals surface area (Å²) in [5, 5.41) is 0. The molecular formula is C8H10ClOP. The van der Waals surface area contributed by atoms with Crippen molar-refractivity contribution < 1.29 is 4.74 Å². The van der Waals surface area contributed by atoms with Gasteiger partial charge in [-0.15, -0.1) is 0 Å². The van der Waals surface area contributed by atoms with E-state index in [0.29, 0.717) is 7.93 Å². The summed E-state index contributed by atoms with van der Waals surface area (Å²) in [4.78, 5) is 0. The fraction of sp³-hybridized carbons (Fsp3) is 0.250. The van der Waals surface area contributed by atoms with E-state index in [1.165, 1.54) is 5.56 Å². The van der Waals surface area contributed by atoms with Gasteiger partial charge in [-0.3, -0.25) is 0 Å². The first-order chi connectivity index (χ1) is 5.36. The Kier molecular flexibility index (Phi) is 3.68. The van der Waals surface area contributed by atoms with Crippen molar-refractivity contribution in [2.24, 2.45) is 0 Å². The number of hydrogen-bond acceptors (Lipinski definition) is 1. The lowest BCUT2D eigenvalue weighted by atomic mass is 10.2. The van der Waals surface area contributed by atoms with Gasteiger partial charge < -0.3 is 4.74 Å². The van der Waals surface area contributed by atoms with E-state index in [-0.39, 0.29) is 0 Å². The Morgan fingerprint density at radius 1 is 1.36 bits per heavy atom. The van der Waals surface area contributed by atoms with Gasteiger partial charge in [0.15, 0.2) is 0 Å². The van der Waals surface area contributed by atoms with Crippen LogP contribution in [0, 0.1) is 0 Å². The third-order valence-corrected chi connectivity index (χ3v) is 2.37. The first-order valence-corrected chi connectivity index (χ1v) is 5.55. The minimum absolute atomic E-state index is 0.464. The highest BCUT2D eigenvalue weighted by Gasteiger charge is 1.91. The largest absolute Gasteiger partial charge is 0.497 e. The Balaban J connectivity index is 2.66. The summed E-state index contributed by atoms with van der Waals surface area (Å²) < 4.78 is 5.02. The Bertz CT molecular complexity index is 210. The van der Waals surface area contributed by atoms with E-state index in [1.807, 2.05) is 24.3 Å². The van der Waals surface area contributed by atoms with E-state index < -0.39 is 0 Å². The molecule has 1 aromatic carbocycles. The summed E-state index contributed by atoms with van der Waals surface area (Å²) in [7, 11) is 2.13. The molecule has 0 bridgehead atoms. The van der Waals surface area contributed by atoms with E-state index >= 15 is 0 Å². The second kappa shape index (κ2) is 4.58. The maximum atomic E-state index is 5.61. The first kappa shape index (κ1) is 8.83. The number of methoxy groups -OCH3 is 1. The van der Waals surface area contributed by atoms with Crippen LogP contribution in [0.15, 0.2) is 24.3 Å². The number of rotatable bonds is 3. The van der Waals surface area contributed by atoms with Crippen molar-refractivity contribution in [2.45, 2.75) is 6.16 Å². The average Bonchev–Trinajstić information content (AvgIpc) is 2.07. The van der Waals surface area contributed by atoms with Crippen molar-refractivity contribution in [3.05, 3.63) is 29.8 Å². The van der Waals surface area contributed by atoms with Gasteiger partial charge >= 0.3 is 0 Å². The Labute approximate surface area is 73.3 Å². The number of benzene rings is 1. The molecule has 0 aliphatic heterocycles. The van der Waals surface area contributed by atoms with Gasteiger partial charge in [0.05, 0.1) is 7.11 Å². The van der Waals surface area contributed by atoms with Crippen molar-refractivity contribution in [3.63, 3.8) is 0 Å². The molecular weight excluding hydrogens is 179 g/mol. The van der Waals surface area contributed by atoms with E-state index in [2.05, 4.69) is 0 Å². The summed E-state index contributed by atoms with van der Waals surface area (Å²) in [5.41, 5.74) is 1.26. The molecule has 0 aromatic heterocycles. The molecule has 0 saturated carbocycles. The molecule has 1 nitrogen and oxygen atoms in total. The van der Waals surface area contributed by atoms with Crippen LogP contribution in [0.25, 0.3) is 0 Å². The summed E-state index contributed by atoms with van der Waals surface area (Å²) >= 11 is 5.61. The van der Waals surface area contributed by atoms with Crippen LogP contribution in [-0.2, 0) is 6.16 Å². The minimum atomic E-state index is 0.464. The van der Waals surface area contributed by atoms with Crippen LogP contribution >= 0.6 is 19.2 Å². The number of ether oxygens (including phenoxy) is 1. The summed E-state index contributed by atoms with van der Waals surface area (Å²) in [6.45, 7) is 0. The normalized spacial score (nSPS) is 10.7. The van der Waals surface area contributed by atoms with Gasteiger partial charge in [-0.1, -0.05) is 23.4 Å². The standard InChI is InChI=1S/C8H10ClOP/c1-10-8-4-2-7(3-5-8)6-11-9/h2-5,11H,6H2,1H3. The topological polar surface area (TPSA) is 9.23 Å². The molecule has 0 spiro atoms. The molecule has 1 unspecified atom stereocenters. The Hall–Kier alpha value is -0.260. The predicted octanol–water partition coefficient (Wildman–Crippen LogP) is 3.03. The zero-order chi connectivity index (χ0) is 8.10. The zero-order valence-electron chi connectivity index (χ0n) is 6.30. The van der Waals surface area contributed by atoms with Crippen LogP contribution in [-0.4, -0.2) is 7.11 Å². The fourth-order valence-electron chi connectivity index (χ4n) is 0.821. The average molecular weight is 189 g/mol. The van der Waals surface area contributed by atoms with Crippen LogP contribution in [0.4, 0.5) is 0 Å². The van der Waals surface area contributed by atoms with Crippen molar-refractivity contribution in [1.29, 1.82) is 0 Å². The van der Waals surface area contributed by atoms with Gasteiger partial charge in [0.1, 0.15) is 5.75 Å². The van der Waals surface area contributed by atoms with Gasteiger partial charge in [0.25, 0.3) is 0 Å². The quantitative estimate of drug-likeness (QED) is 0.663. The summed E-state index contributed by atoms with van der Waals surface area (Å²) in [5.74, 6) is 0.895. The molecule has 0 radical (unpaired) electrons. The highest BCUT2D eigenvalue weighted by Crippen LogP contribution is 2.23. The Morgan fingerprint density at radius 3 is 2.45 bits per heavy atom. The van der Waals surface area contributed by atoms with Gasteiger partial charge in [-0.05, 0) is 25.6 Å². The molecule has 3 heteroatoms. The molecule has 1 atom stereocenters. The van der Waals surface area contributed by atoms with Gasteiger partial charge in [-0.25, -0.2) is 0 Å². The second-order valence-corrected chi connectivity index (χ2v) is 3.58. The highest BCUT2D eigenvalue weighted by atomic mass is 35.7. The summed E-state index contributed by atoms with van der Waals surface area (Å²) in [6, 6.07) is 7.97. The van der Waals surface area contributed by atoms with Gasteiger partial charge in [0, 0.05) is 6.16 Å². The van der Waals surface area contributed by atoms with E-state index in [1.54, 1.807) is 7.11 Å². The smallest absolute Gasteiger partial charge is 0.118 e. The van der Waals surface area contributed by atoms with Crippen molar-refractivity contribution in [2.75, 3.05) is 7.11 Å². The molecule has 11 heavy (non-hydrogen) atoms. The molecule has 1 rings (SSSR count). The molecule has 1 aromatic rings. The fourth-order valence-corrected chi connectivity index (χ4v) is 1.67. The third-order valence-electron chi connectivity index (χ3n) is 1.43. The van der Waals surface area contributed by atoms with Crippen LogP contribution < -0.4 is 4.74 Å². The molecule has 0 fully saturated rings. The predicted molar refractivity (Wildman–Crippen MR) is 50.9 cm³/mol. The number of halogens is 1. The van der Waals surface area contributed by atoms with Gasteiger partial charge in [0.2, 0.25) is 0 Å². The van der Waals surface area contributed by atoms with Crippen LogP contribution in [0.3, 0.4) is 0 Å². The summed E-state index contributed by atoms with van der Waals surface area (Å²) in [6.07, 6.45) is 0.950. The Morgan fingerprint density at radius 2 is 2.00 bits per heavy atom. The van der Waals surface area contributed by atoms with Crippen LogP contribution in [0.1, 0.15) is 5.56 Å². The second-order valence-electron chi connectivity index (χ2n) is 2.16. The van der Waals surface area contributed by atoms with Crippen molar-refractivity contribution >= 4 is 19.2 Å². The van der Waals surface area contributed by atoms with E-state index in [0.717, 1.165) is 11.9 Å². The molecule has 60 valence electrons. The lowest BCUT2D eigenvalue weighted by Crippen LogP contribution is -1.82. The van der Waals surface area contributed by atoms with Crippen molar-refractivity contribution in [3.8, 4) is 5.75 Å². The molecule has 0 heterocycles. The first-order valence-electron chi connectivity index (χ1n) is 3.33. The molecule has 0 N–H and O–H groups in total. The lowest BCUT2D eigenvalue weighted by molar-refractivity contribution is 0.414. The maximum absolute atomic E-state index is 5.61. The van der Waals surface area contributed by atoms with E-state index in [4.69, 9.17) is 16.0 Å². The molecule has 0 saturated heterocycles. The van der Waals surface area contributed by atoms with E-state index in [9.17, 15) is 0 Å². The minimum Gasteiger partial charge on any atom is -0.497 e. The highest BCUT2D eigenvalue weighted by molar-refractivity contribution is 7.67.